The van der Waals surface area contributed by atoms with Gasteiger partial charge >= 0.3 is 0 Å². The zero-order chi connectivity index (χ0) is 18.0. The van der Waals surface area contributed by atoms with E-state index in [1.807, 2.05) is 48.7 Å². The molecule has 0 spiro atoms. The SMILES string of the molecule is Cc1ccc(C(NS(=O)(=O)c2cc(F)cc(F)c2)c2cccs2)cc1. The third kappa shape index (κ3) is 4.12. The van der Waals surface area contributed by atoms with Crippen LogP contribution in [0.5, 0.6) is 0 Å². The average molecular weight is 379 g/mol. The van der Waals surface area contributed by atoms with E-state index < -0.39 is 32.6 Å². The lowest BCUT2D eigenvalue weighted by molar-refractivity contribution is 0.557. The number of aryl methyl sites for hydroxylation is 1. The molecular weight excluding hydrogens is 364 g/mol. The van der Waals surface area contributed by atoms with Crippen molar-refractivity contribution in [3.8, 4) is 0 Å². The van der Waals surface area contributed by atoms with E-state index in [0.717, 1.165) is 28.1 Å². The lowest BCUT2D eigenvalue weighted by Crippen LogP contribution is -2.29. The molecule has 0 aliphatic carbocycles. The van der Waals surface area contributed by atoms with Crippen LogP contribution >= 0.6 is 11.3 Å². The second-order valence-electron chi connectivity index (χ2n) is 5.59. The number of hydrogen-bond donors (Lipinski definition) is 1. The van der Waals surface area contributed by atoms with Crippen molar-refractivity contribution < 1.29 is 17.2 Å². The number of hydrogen-bond acceptors (Lipinski definition) is 3. The van der Waals surface area contributed by atoms with Crippen LogP contribution in [0.15, 0.2) is 64.9 Å². The molecule has 0 aliphatic heterocycles. The zero-order valence-electron chi connectivity index (χ0n) is 13.2. The van der Waals surface area contributed by atoms with E-state index in [9.17, 15) is 17.2 Å². The fraction of sp³-hybridized carbons (Fsp3) is 0.111. The summed E-state index contributed by atoms with van der Waals surface area (Å²) in [6, 6.07) is 12.6. The fourth-order valence-electron chi connectivity index (χ4n) is 2.41. The first kappa shape index (κ1) is 17.7. The van der Waals surface area contributed by atoms with Crippen molar-refractivity contribution in [1.82, 2.24) is 4.72 Å². The van der Waals surface area contributed by atoms with E-state index in [-0.39, 0.29) is 0 Å². The summed E-state index contributed by atoms with van der Waals surface area (Å²) in [4.78, 5) is 0.336. The first-order valence-corrected chi connectivity index (χ1v) is 9.80. The molecule has 0 bridgehead atoms. The average Bonchev–Trinajstić information content (AvgIpc) is 3.07. The molecule has 0 saturated carbocycles. The van der Waals surface area contributed by atoms with E-state index in [1.54, 1.807) is 0 Å². The van der Waals surface area contributed by atoms with Gasteiger partial charge in [0.15, 0.2) is 0 Å². The van der Waals surface area contributed by atoms with Gasteiger partial charge in [-0.3, -0.25) is 0 Å². The van der Waals surface area contributed by atoms with Crippen molar-refractivity contribution in [3.63, 3.8) is 0 Å². The Morgan fingerprint density at radius 3 is 2.20 bits per heavy atom. The Balaban J connectivity index is 2.01. The van der Waals surface area contributed by atoms with Crippen molar-refractivity contribution in [2.75, 3.05) is 0 Å². The summed E-state index contributed by atoms with van der Waals surface area (Å²) < 4.78 is 54.6. The molecule has 0 radical (unpaired) electrons. The van der Waals surface area contributed by atoms with E-state index >= 15 is 0 Å². The van der Waals surface area contributed by atoms with Crippen LogP contribution in [-0.4, -0.2) is 8.42 Å². The molecule has 2 aromatic carbocycles. The first-order chi connectivity index (χ1) is 11.8. The Kier molecular flexibility index (Phi) is 4.99. The molecule has 1 aromatic heterocycles. The maximum Gasteiger partial charge on any atom is 0.241 e. The molecule has 1 heterocycles. The summed E-state index contributed by atoms with van der Waals surface area (Å²) in [7, 11) is -4.11. The molecule has 0 saturated heterocycles. The zero-order valence-corrected chi connectivity index (χ0v) is 14.9. The predicted molar refractivity (Wildman–Crippen MR) is 94.0 cm³/mol. The van der Waals surface area contributed by atoms with Crippen LogP contribution in [0.25, 0.3) is 0 Å². The highest BCUT2D eigenvalue weighted by atomic mass is 32.2. The molecule has 1 unspecified atom stereocenters. The van der Waals surface area contributed by atoms with Gasteiger partial charge in [-0.1, -0.05) is 35.9 Å². The van der Waals surface area contributed by atoms with Gasteiger partial charge in [-0.15, -0.1) is 11.3 Å². The molecule has 1 atom stereocenters. The third-order valence-electron chi connectivity index (χ3n) is 3.66. The highest BCUT2D eigenvalue weighted by Crippen LogP contribution is 2.28. The standard InChI is InChI=1S/C18H15F2NO2S2/c1-12-4-6-13(7-5-12)18(17-3-2-8-24-17)21-25(22,23)16-10-14(19)9-15(20)11-16/h2-11,18,21H,1H3. The van der Waals surface area contributed by atoms with Crippen LogP contribution in [0.4, 0.5) is 8.78 Å². The molecule has 7 heteroatoms. The molecule has 0 amide bonds. The smallest absolute Gasteiger partial charge is 0.207 e. The Bertz CT molecular complexity index is 949. The van der Waals surface area contributed by atoms with Crippen LogP contribution in [0.1, 0.15) is 22.0 Å². The summed E-state index contributed by atoms with van der Waals surface area (Å²) in [6.45, 7) is 1.93. The number of halogens is 2. The quantitative estimate of drug-likeness (QED) is 0.714. The minimum Gasteiger partial charge on any atom is -0.207 e. The van der Waals surface area contributed by atoms with Crippen molar-refractivity contribution in [2.24, 2.45) is 0 Å². The van der Waals surface area contributed by atoms with Crippen LogP contribution in [0.3, 0.4) is 0 Å². The predicted octanol–water partition coefficient (Wildman–Crippen LogP) is 4.40. The number of benzene rings is 2. The molecule has 1 N–H and O–H groups in total. The molecule has 3 rings (SSSR count). The highest BCUT2D eigenvalue weighted by molar-refractivity contribution is 7.89. The van der Waals surface area contributed by atoms with Crippen molar-refractivity contribution in [3.05, 3.63) is 87.6 Å². The minimum absolute atomic E-state index is 0.446. The fourth-order valence-corrected chi connectivity index (χ4v) is 4.53. The van der Waals surface area contributed by atoms with Gasteiger partial charge in [0.1, 0.15) is 11.6 Å². The molecule has 25 heavy (non-hydrogen) atoms. The van der Waals surface area contributed by atoms with Gasteiger partial charge in [-0.05, 0) is 36.1 Å². The Labute approximate surface area is 149 Å². The van der Waals surface area contributed by atoms with Crippen LogP contribution in [-0.2, 0) is 10.0 Å². The minimum atomic E-state index is -4.11. The Hall–Kier alpha value is -2.09. The normalized spacial score (nSPS) is 12.9. The maximum atomic E-state index is 13.4. The molecule has 130 valence electrons. The highest BCUT2D eigenvalue weighted by Gasteiger charge is 2.24. The van der Waals surface area contributed by atoms with E-state index in [1.165, 1.54) is 11.3 Å². The van der Waals surface area contributed by atoms with Gasteiger partial charge in [-0.25, -0.2) is 17.2 Å². The molecular formula is C18H15F2NO2S2. The number of rotatable bonds is 5. The van der Waals surface area contributed by atoms with E-state index in [2.05, 4.69) is 4.72 Å². The Morgan fingerprint density at radius 2 is 1.64 bits per heavy atom. The number of sulfonamides is 1. The van der Waals surface area contributed by atoms with E-state index in [4.69, 9.17) is 0 Å². The summed E-state index contributed by atoms with van der Waals surface area (Å²) in [5.41, 5.74) is 1.79. The topological polar surface area (TPSA) is 46.2 Å². The summed E-state index contributed by atoms with van der Waals surface area (Å²) in [5, 5.41) is 1.84. The van der Waals surface area contributed by atoms with Gasteiger partial charge in [0.05, 0.1) is 10.9 Å². The lowest BCUT2D eigenvalue weighted by Gasteiger charge is -2.18. The molecule has 3 aromatic rings. The van der Waals surface area contributed by atoms with Gasteiger partial charge < -0.3 is 0 Å². The third-order valence-corrected chi connectivity index (χ3v) is 6.00. The number of thiophene rings is 1. The Morgan fingerprint density at radius 1 is 1.00 bits per heavy atom. The monoisotopic (exact) mass is 379 g/mol. The second-order valence-corrected chi connectivity index (χ2v) is 8.28. The lowest BCUT2D eigenvalue weighted by atomic mass is 10.0. The van der Waals surface area contributed by atoms with Crippen LogP contribution < -0.4 is 4.72 Å². The second kappa shape index (κ2) is 7.03. The van der Waals surface area contributed by atoms with Crippen molar-refractivity contribution in [2.45, 2.75) is 17.9 Å². The van der Waals surface area contributed by atoms with Crippen molar-refractivity contribution in [1.29, 1.82) is 0 Å². The van der Waals surface area contributed by atoms with Gasteiger partial charge in [0, 0.05) is 10.9 Å². The van der Waals surface area contributed by atoms with Gasteiger partial charge in [-0.2, -0.15) is 4.72 Å². The summed E-state index contributed by atoms with van der Waals surface area (Å²) in [5.74, 6) is -1.88. The summed E-state index contributed by atoms with van der Waals surface area (Å²) in [6.07, 6.45) is 0. The molecule has 0 fully saturated rings. The van der Waals surface area contributed by atoms with Gasteiger partial charge in [0.25, 0.3) is 0 Å². The van der Waals surface area contributed by atoms with Crippen LogP contribution in [0, 0.1) is 18.6 Å². The number of nitrogens with one attached hydrogen (secondary N) is 1. The summed E-state index contributed by atoms with van der Waals surface area (Å²) >= 11 is 1.40. The van der Waals surface area contributed by atoms with Gasteiger partial charge in [0.2, 0.25) is 10.0 Å². The van der Waals surface area contributed by atoms with Crippen LogP contribution in [0.2, 0.25) is 0 Å². The maximum absolute atomic E-state index is 13.4. The first-order valence-electron chi connectivity index (χ1n) is 7.43. The molecule has 0 aliphatic rings. The molecule has 3 nitrogen and oxygen atoms in total. The van der Waals surface area contributed by atoms with E-state index in [0.29, 0.717) is 6.07 Å². The largest absolute Gasteiger partial charge is 0.241 e. The van der Waals surface area contributed by atoms with Crippen molar-refractivity contribution >= 4 is 21.4 Å².